The Morgan fingerprint density at radius 3 is 2.33 bits per heavy atom. The minimum Gasteiger partial charge on any atom is -0.496 e. The van der Waals surface area contributed by atoms with Crippen molar-refractivity contribution in [1.82, 2.24) is 10.2 Å². The van der Waals surface area contributed by atoms with Crippen molar-refractivity contribution in [3.8, 4) is 5.75 Å². The summed E-state index contributed by atoms with van der Waals surface area (Å²) < 4.78 is 46.0. The van der Waals surface area contributed by atoms with Crippen molar-refractivity contribution in [1.29, 1.82) is 0 Å². The van der Waals surface area contributed by atoms with E-state index in [0.717, 1.165) is 62.6 Å². The van der Waals surface area contributed by atoms with Gasteiger partial charge in [-0.1, -0.05) is 56.5 Å². The molecule has 2 aliphatic carbocycles. The van der Waals surface area contributed by atoms with Crippen LogP contribution in [-0.4, -0.2) is 41.1 Å². The Kier molecular flexibility index (Phi) is 7.88. The fourth-order valence-corrected chi connectivity index (χ4v) is 6.94. The molecule has 1 saturated heterocycles. The number of likely N-dealkylation sites (tertiary alicyclic amines) is 1. The molecule has 0 radical (unpaired) electrons. The van der Waals surface area contributed by atoms with E-state index in [2.05, 4.69) is 12.2 Å². The van der Waals surface area contributed by atoms with Crippen LogP contribution in [0.2, 0.25) is 0 Å². The maximum absolute atomic E-state index is 14.2. The fraction of sp³-hybridized carbons (Fsp3) is 0.548. The van der Waals surface area contributed by atoms with E-state index >= 15 is 0 Å². The summed E-state index contributed by atoms with van der Waals surface area (Å²) in [5.74, 6) is -1.49. The summed E-state index contributed by atoms with van der Waals surface area (Å²) in [4.78, 5) is 28.7. The molecule has 40 heavy (non-hydrogen) atoms. The Bertz CT molecular complexity index is 1220. The number of nitrogens with one attached hydrogen (secondary N) is 1. The summed E-state index contributed by atoms with van der Waals surface area (Å²) in [5.41, 5.74) is 0.0676. The smallest absolute Gasteiger partial charge is 0.416 e. The lowest BCUT2D eigenvalue weighted by molar-refractivity contribution is -0.154. The first-order chi connectivity index (χ1) is 19.0. The van der Waals surface area contributed by atoms with Crippen molar-refractivity contribution < 1.29 is 32.6 Å². The van der Waals surface area contributed by atoms with Gasteiger partial charge in [-0.15, -0.1) is 0 Å². The van der Waals surface area contributed by atoms with Crippen LogP contribution in [0.15, 0.2) is 48.5 Å². The number of halogens is 3. The molecular weight excluding hydrogens is 521 g/mol. The summed E-state index contributed by atoms with van der Waals surface area (Å²) in [6, 6.07) is 10.7. The quantitative estimate of drug-likeness (QED) is 0.403. The maximum atomic E-state index is 14.2. The zero-order valence-electron chi connectivity index (χ0n) is 22.9. The van der Waals surface area contributed by atoms with Gasteiger partial charge < -0.3 is 20.1 Å². The molecule has 2 aromatic rings. The summed E-state index contributed by atoms with van der Waals surface area (Å²) in [5, 5.41) is 14.1. The van der Waals surface area contributed by atoms with Crippen LogP contribution in [-0.2, 0) is 22.3 Å². The van der Waals surface area contributed by atoms with Crippen molar-refractivity contribution >= 4 is 11.9 Å². The number of nitrogens with zero attached hydrogens (tertiary/aromatic N) is 1. The number of rotatable bonds is 8. The number of aliphatic carboxylic acids is 1. The number of hydrogen-bond donors (Lipinski definition) is 2. The van der Waals surface area contributed by atoms with Gasteiger partial charge in [-0.05, 0) is 54.9 Å². The first-order valence-electron chi connectivity index (χ1n) is 14.1. The number of carbonyl (C=O) groups excluding carboxylic acids is 1. The van der Waals surface area contributed by atoms with Gasteiger partial charge in [-0.2, -0.15) is 13.2 Å². The number of alkyl halides is 3. The third-order valence-electron chi connectivity index (χ3n) is 9.25. The van der Waals surface area contributed by atoms with Crippen molar-refractivity contribution in [2.75, 3.05) is 7.11 Å². The van der Waals surface area contributed by atoms with Gasteiger partial charge >= 0.3 is 12.1 Å². The predicted octanol–water partition coefficient (Wildman–Crippen LogP) is 6.21. The first-order valence-corrected chi connectivity index (χ1v) is 14.1. The van der Waals surface area contributed by atoms with E-state index in [1.165, 1.54) is 13.2 Å². The summed E-state index contributed by atoms with van der Waals surface area (Å²) in [6.45, 7) is 2.09. The van der Waals surface area contributed by atoms with Gasteiger partial charge in [0.05, 0.1) is 18.7 Å². The molecule has 6 nitrogen and oxygen atoms in total. The van der Waals surface area contributed by atoms with E-state index < -0.39 is 41.8 Å². The van der Waals surface area contributed by atoms with E-state index in [-0.39, 0.29) is 23.8 Å². The van der Waals surface area contributed by atoms with Crippen LogP contribution < -0.4 is 10.1 Å². The molecule has 0 bridgehead atoms. The van der Waals surface area contributed by atoms with Crippen molar-refractivity contribution in [3.05, 3.63) is 65.2 Å². The van der Waals surface area contributed by atoms with E-state index in [4.69, 9.17) is 4.74 Å². The van der Waals surface area contributed by atoms with Crippen LogP contribution in [0.25, 0.3) is 0 Å². The molecule has 216 valence electrons. The Balaban J connectivity index is 1.57. The highest BCUT2D eigenvalue weighted by Gasteiger charge is 2.63. The van der Waals surface area contributed by atoms with Crippen LogP contribution in [0.3, 0.4) is 0 Å². The molecule has 4 atom stereocenters. The van der Waals surface area contributed by atoms with Gasteiger partial charge in [0, 0.05) is 30.0 Å². The average Bonchev–Trinajstić information content (AvgIpc) is 3.59. The van der Waals surface area contributed by atoms with E-state index in [9.17, 15) is 27.9 Å². The van der Waals surface area contributed by atoms with Crippen LogP contribution in [0, 0.1) is 17.3 Å². The highest BCUT2D eigenvalue weighted by molar-refractivity contribution is 5.87. The molecule has 9 heteroatoms. The number of carboxylic acid groups (broad SMARTS) is 1. The number of benzene rings is 2. The average molecular weight is 559 g/mol. The van der Waals surface area contributed by atoms with Crippen molar-refractivity contribution in [2.24, 2.45) is 17.3 Å². The molecular formula is C31H37F3N2O4. The second-order valence-electron chi connectivity index (χ2n) is 11.8. The molecule has 5 rings (SSSR count). The molecule has 1 heterocycles. The summed E-state index contributed by atoms with van der Waals surface area (Å²) in [7, 11) is 1.41. The van der Waals surface area contributed by atoms with Crippen molar-refractivity contribution in [3.63, 3.8) is 0 Å². The molecule has 2 saturated carbocycles. The third kappa shape index (κ3) is 5.45. The van der Waals surface area contributed by atoms with Crippen LogP contribution in [0.5, 0.6) is 5.75 Å². The third-order valence-corrected chi connectivity index (χ3v) is 9.25. The zero-order valence-corrected chi connectivity index (χ0v) is 22.9. The summed E-state index contributed by atoms with van der Waals surface area (Å²) >= 11 is 0. The monoisotopic (exact) mass is 558 g/mol. The van der Waals surface area contributed by atoms with E-state index in [1.54, 1.807) is 4.90 Å². The summed E-state index contributed by atoms with van der Waals surface area (Å²) in [6.07, 6.45) is 1.58. The minimum atomic E-state index is -4.51. The second-order valence-corrected chi connectivity index (χ2v) is 11.8. The van der Waals surface area contributed by atoms with Gasteiger partial charge in [0.1, 0.15) is 11.8 Å². The van der Waals surface area contributed by atoms with Gasteiger partial charge in [0.2, 0.25) is 5.91 Å². The minimum absolute atomic E-state index is 0.0332. The Morgan fingerprint density at radius 2 is 1.75 bits per heavy atom. The molecule has 0 spiro atoms. The lowest BCUT2D eigenvalue weighted by atomic mass is 9.79. The Labute approximate surface area is 232 Å². The molecule has 3 aliphatic rings. The Morgan fingerprint density at radius 1 is 1.07 bits per heavy atom. The van der Waals surface area contributed by atoms with Gasteiger partial charge in [0.25, 0.3) is 0 Å². The van der Waals surface area contributed by atoms with Crippen LogP contribution in [0.1, 0.15) is 74.6 Å². The Hall–Kier alpha value is -3.07. The molecule has 1 aliphatic heterocycles. The number of methoxy groups -OCH3 is 1. The molecule has 0 unspecified atom stereocenters. The van der Waals surface area contributed by atoms with Crippen LogP contribution in [0.4, 0.5) is 13.2 Å². The predicted molar refractivity (Wildman–Crippen MR) is 143 cm³/mol. The topological polar surface area (TPSA) is 78.9 Å². The lowest BCUT2D eigenvalue weighted by Gasteiger charge is -2.35. The first kappa shape index (κ1) is 28.5. The molecule has 1 amide bonds. The van der Waals surface area contributed by atoms with Gasteiger partial charge in [0.15, 0.2) is 0 Å². The second kappa shape index (κ2) is 11.1. The molecule has 0 aromatic heterocycles. The van der Waals surface area contributed by atoms with Gasteiger partial charge in [-0.25, -0.2) is 4.79 Å². The molecule has 3 fully saturated rings. The SMILES string of the molecule is COc1ccc(C(F)(F)F)cc1CN[C@H]1[C@H](C2(C)CC2)[C@@H](C(=O)O)N(C(=O)C2CCCCC2)[C@H]1c1ccccc1. The highest BCUT2D eigenvalue weighted by atomic mass is 19.4. The lowest BCUT2D eigenvalue weighted by Crippen LogP contribution is -2.48. The molecule has 2 N–H and O–H groups in total. The fourth-order valence-electron chi connectivity index (χ4n) is 6.94. The standard InChI is InChI=1S/C31H37F3N2O4/c1-30(15-16-30)24-25(35-18-21-17-22(31(32,33)34)13-14-23(21)40-2)26(19-9-5-3-6-10-19)36(27(24)29(38)39)28(37)20-11-7-4-8-12-20/h3,5-6,9-10,13-14,17,20,24-27,35H,4,7-8,11-12,15-16,18H2,1-2H3,(H,38,39)/t24-,25-,26-,27-/m0/s1. The van der Waals surface area contributed by atoms with Crippen molar-refractivity contribution in [2.45, 2.75) is 82.7 Å². The van der Waals surface area contributed by atoms with E-state index in [0.29, 0.717) is 11.3 Å². The van der Waals surface area contributed by atoms with E-state index in [1.807, 2.05) is 30.3 Å². The highest BCUT2D eigenvalue weighted by Crippen LogP contribution is 2.60. The number of carboxylic acids is 1. The number of amides is 1. The zero-order chi connectivity index (χ0) is 28.7. The van der Waals surface area contributed by atoms with Gasteiger partial charge in [-0.3, -0.25) is 4.79 Å². The largest absolute Gasteiger partial charge is 0.496 e. The molecule has 2 aromatic carbocycles. The normalized spacial score (nSPS) is 26.5. The number of hydrogen-bond acceptors (Lipinski definition) is 4. The number of ether oxygens (including phenoxy) is 1. The maximum Gasteiger partial charge on any atom is 0.416 e. The number of carbonyl (C=O) groups is 2. The van der Waals surface area contributed by atoms with Crippen LogP contribution >= 0.6 is 0 Å².